The minimum absolute atomic E-state index is 0.180. The summed E-state index contributed by atoms with van der Waals surface area (Å²) in [6, 6.07) is 17.7. The second-order valence-corrected chi connectivity index (χ2v) is 5.40. The van der Waals surface area contributed by atoms with Crippen LogP contribution in [-0.4, -0.2) is 9.55 Å². The number of hydrogen-bond donors (Lipinski definition) is 1. The molecule has 3 aromatic rings. The average Bonchev–Trinajstić information content (AvgIpc) is 2.98. The Morgan fingerprint density at radius 3 is 2.48 bits per heavy atom. The SMILES string of the molecule is NC(c1ccccc1)c1cncn1Cc1ccc(Cl)cc1. The summed E-state index contributed by atoms with van der Waals surface area (Å²) in [4.78, 5) is 4.24. The molecule has 0 fully saturated rings. The molecule has 3 nitrogen and oxygen atoms in total. The van der Waals surface area contributed by atoms with Crippen LogP contribution in [-0.2, 0) is 6.54 Å². The van der Waals surface area contributed by atoms with E-state index in [1.807, 2.05) is 67.1 Å². The molecule has 2 aromatic carbocycles. The first-order valence-electron chi connectivity index (χ1n) is 6.79. The molecule has 0 amide bonds. The topological polar surface area (TPSA) is 43.8 Å². The zero-order valence-corrected chi connectivity index (χ0v) is 12.2. The lowest BCUT2D eigenvalue weighted by Gasteiger charge is -2.15. The van der Waals surface area contributed by atoms with Gasteiger partial charge >= 0.3 is 0 Å². The van der Waals surface area contributed by atoms with E-state index in [1.54, 1.807) is 0 Å². The summed E-state index contributed by atoms with van der Waals surface area (Å²) in [5, 5.41) is 0.741. The van der Waals surface area contributed by atoms with Crippen LogP contribution in [0.15, 0.2) is 67.1 Å². The van der Waals surface area contributed by atoms with Gasteiger partial charge in [-0.2, -0.15) is 0 Å². The maximum absolute atomic E-state index is 6.36. The van der Waals surface area contributed by atoms with Gasteiger partial charge in [0, 0.05) is 11.6 Å². The zero-order valence-electron chi connectivity index (χ0n) is 11.5. The van der Waals surface area contributed by atoms with Crippen molar-refractivity contribution in [1.82, 2.24) is 9.55 Å². The second-order valence-electron chi connectivity index (χ2n) is 4.96. The van der Waals surface area contributed by atoms with Crippen LogP contribution in [0.3, 0.4) is 0 Å². The van der Waals surface area contributed by atoms with Crippen LogP contribution in [0.25, 0.3) is 0 Å². The summed E-state index contributed by atoms with van der Waals surface area (Å²) in [5.74, 6) is 0. The molecule has 3 rings (SSSR count). The van der Waals surface area contributed by atoms with Crippen molar-refractivity contribution in [1.29, 1.82) is 0 Å². The summed E-state index contributed by atoms with van der Waals surface area (Å²) in [6.07, 6.45) is 3.64. The quantitative estimate of drug-likeness (QED) is 0.799. The van der Waals surface area contributed by atoms with E-state index in [1.165, 1.54) is 5.56 Å². The number of aromatic nitrogens is 2. The number of nitrogens with two attached hydrogens (primary N) is 1. The van der Waals surface area contributed by atoms with Gasteiger partial charge in [0.05, 0.1) is 24.3 Å². The van der Waals surface area contributed by atoms with Gasteiger partial charge in [-0.15, -0.1) is 0 Å². The highest BCUT2D eigenvalue weighted by molar-refractivity contribution is 6.30. The van der Waals surface area contributed by atoms with Gasteiger partial charge in [-0.25, -0.2) is 4.98 Å². The smallest absolute Gasteiger partial charge is 0.0951 e. The summed E-state index contributed by atoms with van der Waals surface area (Å²) in [7, 11) is 0. The predicted octanol–water partition coefficient (Wildman–Crippen LogP) is 3.63. The van der Waals surface area contributed by atoms with E-state index in [0.717, 1.165) is 22.8 Å². The molecule has 0 radical (unpaired) electrons. The fraction of sp³-hybridized carbons (Fsp3) is 0.118. The van der Waals surface area contributed by atoms with Crippen molar-refractivity contribution in [3.63, 3.8) is 0 Å². The second kappa shape index (κ2) is 6.12. The van der Waals surface area contributed by atoms with Crippen molar-refractivity contribution >= 4 is 11.6 Å². The lowest BCUT2D eigenvalue weighted by molar-refractivity contribution is 0.696. The molecular weight excluding hydrogens is 282 g/mol. The molecule has 1 aromatic heterocycles. The fourth-order valence-electron chi connectivity index (χ4n) is 2.34. The molecule has 1 unspecified atom stereocenters. The normalized spacial score (nSPS) is 12.3. The Bertz CT molecular complexity index is 704. The maximum atomic E-state index is 6.36. The van der Waals surface area contributed by atoms with Crippen molar-refractivity contribution in [3.8, 4) is 0 Å². The molecular formula is C17H16ClN3. The molecule has 0 bridgehead atoms. The first-order valence-corrected chi connectivity index (χ1v) is 7.17. The summed E-state index contributed by atoms with van der Waals surface area (Å²) < 4.78 is 2.07. The Balaban J connectivity index is 1.85. The van der Waals surface area contributed by atoms with E-state index in [0.29, 0.717) is 0 Å². The molecule has 0 aliphatic rings. The van der Waals surface area contributed by atoms with Crippen LogP contribution in [0, 0.1) is 0 Å². The molecule has 106 valence electrons. The third-order valence-electron chi connectivity index (χ3n) is 3.49. The number of benzene rings is 2. The van der Waals surface area contributed by atoms with Crippen LogP contribution < -0.4 is 5.73 Å². The highest BCUT2D eigenvalue weighted by atomic mass is 35.5. The first kappa shape index (κ1) is 13.9. The molecule has 21 heavy (non-hydrogen) atoms. The predicted molar refractivity (Wildman–Crippen MR) is 85.3 cm³/mol. The Labute approximate surface area is 129 Å². The monoisotopic (exact) mass is 297 g/mol. The van der Waals surface area contributed by atoms with Crippen molar-refractivity contribution in [2.75, 3.05) is 0 Å². The maximum Gasteiger partial charge on any atom is 0.0951 e. The van der Waals surface area contributed by atoms with E-state index >= 15 is 0 Å². The summed E-state index contributed by atoms with van der Waals surface area (Å²) >= 11 is 5.92. The van der Waals surface area contributed by atoms with Crippen molar-refractivity contribution in [2.45, 2.75) is 12.6 Å². The van der Waals surface area contributed by atoms with Crippen LogP contribution in [0.2, 0.25) is 5.02 Å². The van der Waals surface area contributed by atoms with Gasteiger partial charge in [0.2, 0.25) is 0 Å². The molecule has 1 atom stereocenters. The molecule has 0 aliphatic carbocycles. The minimum atomic E-state index is -0.180. The van der Waals surface area contributed by atoms with Crippen molar-refractivity contribution in [3.05, 3.63) is 89.0 Å². The molecule has 4 heteroatoms. The van der Waals surface area contributed by atoms with Crippen LogP contribution in [0.1, 0.15) is 22.9 Å². The van der Waals surface area contributed by atoms with Gasteiger partial charge in [0.15, 0.2) is 0 Å². The Kier molecular flexibility index (Phi) is 4.04. The lowest BCUT2D eigenvalue weighted by atomic mass is 10.1. The molecule has 0 spiro atoms. The number of nitrogens with zero attached hydrogens (tertiary/aromatic N) is 2. The van der Waals surface area contributed by atoms with E-state index in [2.05, 4.69) is 9.55 Å². The van der Waals surface area contributed by atoms with E-state index in [-0.39, 0.29) is 6.04 Å². The van der Waals surface area contributed by atoms with E-state index in [9.17, 15) is 0 Å². The van der Waals surface area contributed by atoms with Crippen LogP contribution >= 0.6 is 11.6 Å². The number of hydrogen-bond acceptors (Lipinski definition) is 2. The molecule has 0 saturated heterocycles. The first-order chi connectivity index (χ1) is 10.2. The van der Waals surface area contributed by atoms with Crippen molar-refractivity contribution < 1.29 is 0 Å². The minimum Gasteiger partial charge on any atom is -0.328 e. The third kappa shape index (κ3) is 3.15. The average molecular weight is 298 g/mol. The number of halogens is 1. The van der Waals surface area contributed by atoms with Gasteiger partial charge in [0.1, 0.15) is 0 Å². The molecule has 1 heterocycles. The standard InChI is InChI=1S/C17H16ClN3/c18-15-8-6-13(7-9-15)11-21-12-20-10-16(21)17(19)14-4-2-1-3-5-14/h1-10,12,17H,11,19H2. The summed E-state index contributed by atoms with van der Waals surface area (Å²) in [5.41, 5.74) is 9.60. The van der Waals surface area contributed by atoms with Gasteiger partial charge in [0.25, 0.3) is 0 Å². The van der Waals surface area contributed by atoms with Gasteiger partial charge in [-0.1, -0.05) is 54.1 Å². The fourth-order valence-corrected chi connectivity index (χ4v) is 2.47. The van der Waals surface area contributed by atoms with Gasteiger partial charge in [-0.3, -0.25) is 0 Å². The highest BCUT2D eigenvalue weighted by Crippen LogP contribution is 2.20. The number of rotatable bonds is 4. The Morgan fingerprint density at radius 2 is 1.76 bits per heavy atom. The Hall–Kier alpha value is -2.10. The van der Waals surface area contributed by atoms with Crippen LogP contribution in [0.5, 0.6) is 0 Å². The summed E-state index contributed by atoms with van der Waals surface area (Å²) in [6.45, 7) is 0.729. The third-order valence-corrected chi connectivity index (χ3v) is 3.74. The van der Waals surface area contributed by atoms with Gasteiger partial charge < -0.3 is 10.3 Å². The highest BCUT2D eigenvalue weighted by Gasteiger charge is 2.13. The zero-order chi connectivity index (χ0) is 14.7. The van der Waals surface area contributed by atoms with E-state index in [4.69, 9.17) is 17.3 Å². The molecule has 0 saturated carbocycles. The lowest BCUT2D eigenvalue weighted by Crippen LogP contribution is -2.16. The molecule has 0 aliphatic heterocycles. The number of imidazole rings is 1. The van der Waals surface area contributed by atoms with E-state index < -0.39 is 0 Å². The molecule has 2 N–H and O–H groups in total. The Morgan fingerprint density at radius 1 is 1.05 bits per heavy atom. The van der Waals surface area contributed by atoms with Gasteiger partial charge in [-0.05, 0) is 23.3 Å². The largest absolute Gasteiger partial charge is 0.328 e. The van der Waals surface area contributed by atoms with Crippen LogP contribution in [0.4, 0.5) is 0 Å². The van der Waals surface area contributed by atoms with Crippen molar-refractivity contribution in [2.24, 2.45) is 5.73 Å².